The first-order valence-corrected chi connectivity index (χ1v) is 7.95. The molecule has 0 bridgehead atoms. The summed E-state index contributed by atoms with van der Waals surface area (Å²) in [4.78, 5) is 14.2. The van der Waals surface area contributed by atoms with Crippen LogP contribution in [0.2, 0.25) is 0 Å². The Hall–Kier alpha value is -1.00. The molecule has 1 aliphatic heterocycles. The molecule has 3 rings (SSSR count). The quantitative estimate of drug-likeness (QED) is 0.845. The Balaban J connectivity index is 1.76. The van der Waals surface area contributed by atoms with Gasteiger partial charge in [-0.3, -0.25) is 14.9 Å². The van der Waals surface area contributed by atoms with Gasteiger partial charge in [0, 0.05) is 25.0 Å². The molecule has 0 N–H and O–H groups in total. The first-order valence-electron chi connectivity index (χ1n) is 7.95. The lowest BCUT2D eigenvalue weighted by atomic mass is 10.1. The van der Waals surface area contributed by atoms with Gasteiger partial charge in [0.25, 0.3) is 0 Å². The number of rotatable bonds is 4. The van der Waals surface area contributed by atoms with E-state index in [1.54, 1.807) is 0 Å². The smallest absolute Gasteiger partial charge is 0.0762 e. The average molecular weight is 274 g/mol. The largest absolute Gasteiger partial charge is 0.304 e. The van der Waals surface area contributed by atoms with Crippen LogP contribution in [0.25, 0.3) is 0 Å². The van der Waals surface area contributed by atoms with Crippen LogP contribution in [0.15, 0.2) is 12.4 Å². The Labute approximate surface area is 122 Å². The van der Waals surface area contributed by atoms with Gasteiger partial charge in [-0.25, -0.2) is 0 Å². The van der Waals surface area contributed by atoms with E-state index in [2.05, 4.69) is 28.9 Å². The fraction of sp³-hybridized carbons (Fsp3) is 0.750. The molecule has 0 amide bonds. The van der Waals surface area contributed by atoms with Gasteiger partial charge >= 0.3 is 0 Å². The van der Waals surface area contributed by atoms with Crippen LogP contribution in [-0.2, 0) is 6.54 Å². The molecule has 4 heteroatoms. The van der Waals surface area contributed by atoms with Crippen LogP contribution in [0.5, 0.6) is 0 Å². The van der Waals surface area contributed by atoms with Crippen molar-refractivity contribution in [2.75, 3.05) is 20.6 Å². The topological polar surface area (TPSA) is 32.3 Å². The normalized spacial score (nSPS) is 24.9. The van der Waals surface area contributed by atoms with Crippen molar-refractivity contribution in [2.45, 2.75) is 57.2 Å². The van der Waals surface area contributed by atoms with E-state index >= 15 is 0 Å². The van der Waals surface area contributed by atoms with Gasteiger partial charge in [-0.2, -0.15) is 0 Å². The third-order valence-electron chi connectivity index (χ3n) is 4.61. The second-order valence-electron chi connectivity index (χ2n) is 6.51. The lowest BCUT2D eigenvalue weighted by Crippen LogP contribution is -2.33. The van der Waals surface area contributed by atoms with Gasteiger partial charge in [-0.05, 0) is 46.3 Å². The summed E-state index contributed by atoms with van der Waals surface area (Å²) < 4.78 is 0. The summed E-state index contributed by atoms with van der Waals surface area (Å²) in [6.07, 6.45) is 12.0. The van der Waals surface area contributed by atoms with Gasteiger partial charge in [0.05, 0.1) is 17.4 Å². The van der Waals surface area contributed by atoms with Crippen molar-refractivity contribution in [1.82, 2.24) is 19.8 Å². The molecule has 2 fully saturated rings. The lowest BCUT2D eigenvalue weighted by Gasteiger charge is -2.30. The van der Waals surface area contributed by atoms with Crippen LogP contribution in [0, 0.1) is 0 Å². The molecule has 1 unspecified atom stereocenters. The summed E-state index contributed by atoms with van der Waals surface area (Å²) in [6, 6.07) is 1.30. The molecule has 1 aromatic rings. The Kier molecular flexibility index (Phi) is 4.32. The van der Waals surface area contributed by atoms with E-state index < -0.39 is 0 Å². The summed E-state index contributed by atoms with van der Waals surface area (Å²) in [6.45, 7) is 2.12. The summed E-state index contributed by atoms with van der Waals surface area (Å²) in [7, 11) is 4.16. The minimum Gasteiger partial charge on any atom is -0.304 e. The molecule has 2 aliphatic rings. The van der Waals surface area contributed by atoms with E-state index in [4.69, 9.17) is 4.98 Å². The highest BCUT2D eigenvalue weighted by Gasteiger charge is 2.34. The van der Waals surface area contributed by atoms with Crippen LogP contribution < -0.4 is 0 Å². The molecule has 0 spiro atoms. The third kappa shape index (κ3) is 3.01. The summed E-state index contributed by atoms with van der Waals surface area (Å²) in [5.74, 6) is 0. The van der Waals surface area contributed by atoms with Gasteiger partial charge < -0.3 is 4.90 Å². The highest BCUT2D eigenvalue weighted by atomic mass is 15.2. The van der Waals surface area contributed by atoms with Crippen molar-refractivity contribution in [3.63, 3.8) is 0 Å². The van der Waals surface area contributed by atoms with Gasteiger partial charge in [0.2, 0.25) is 0 Å². The molecule has 1 aromatic heterocycles. The van der Waals surface area contributed by atoms with Crippen molar-refractivity contribution in [3.05, 3.63) is 23.8 Å². The molecule has 0 aromatic carbocycles. The van der Waals surface area contributed by atoms with Crippen LogP contribution in [0.1, 0.15) is 56.0 Å². The zero-order valence-corrected chi connectivity index (χ0v) is 12.8. The Morgan fingerprint density at radius 3 is 2.70 bits per heavy atom. The molecule has 0 radical (unpaired) electrons. The average Bonchev–Trinajstić information content (AvgIpc) is 3.09. The second-order valence-corrected chi connectivity index (χ2v) is 6.51. The SMILES string of the molecule is CN(C)Cc1cncc(C2CCCN2C2CCCC2)n1. The lowest BCUT2D eigenvalue weighted by molar-refractivity contribution is 0.179. The molecule has 1 aliphatic carbocycles. The number of hydrogen-bond acceptors (Lipinski definition) is 4. The maximum atomic E-state index is 4.87. The highest BCUT2D eigenvalue weighted by molar-refractivity contribution is 5.10. The van der Waals surface area contributed by atoms with Crippen LogP contribution in [0.4, 0.5) is 0 Å². The zero-order chi connectivity index (χ0) is 13.9. The van der Waals surface area contributed by atoms with Crippen molar-refractivity contribution < 1.29 is 0 Å². The fourth-order valence-electron chi connectivity index (χ4n) is 3.76. The van der Waals surface area contributed by atoms with Crippen molar-refractivity contribution in [3.8, 4) is 0 Å². The second kappa shape index (κ2) is 6.19. The molecule has 2 heterocycles. The monoisotopic (exact) mass is 274 g/mol. The fourth-order valence-corrected chi connectivity index (χ4v) is 3.76. The third-order valence-corrected chi connectivity index (χ3v) is 4.61. The summed E-state index contributed by atoms with van der Waals surface area (Å²) in [5.41, 5.74) is 2.28. The Bertz CT molecular complexity index is 440. The van der Waals surface area contributed by atoms with E-state index in [0.717, 1.165) is 18.3 Å². The van der Waals surface area contributed by atoms with Gasteiger partial charge in [0.1, 0.15) is 0 Å². The predicted octanol–water partition coefficient (Wildman–Crippen LogP) is 2.62. The van der Waals surface area contributed by atoms with Crippen LogP contribution >= 0.6 is 0 Å². The number of likely N-dealkylation sites (tertiary alicyclic amines) is 1. The molecule has 1 saturated heterocycles. The first kappa shape index (κ1) is 14.0. The number of aromatic nitrogens is 2. The van der Waals surface area contributed by atoms with Gasteiger partial charge in [-0.15, -0.1) is 0 Å². The Morgan fingerprint density at radius 1 is 1.15 bits per heavy atom. The number of nitrogens with zero attached hydrogens (tertiary/aromatic N) is 4. The molecular weight excluding hydrogens is 248 g/mol. The van der Waals surface area contributed by atoms with Gasteiger partial charge in [0.15, 0.2) is 0 Å². The van der Waals surface area contributed by atoms with Gasteiger partial charge in [-0.1, -0.05) is 12.8 Å². The van der Waals surface area contributed by atoms with Crippen molar-refractivity contribution >= 4 is 0 Å². The van der Waals surface area contributed by atoms with Crippen molar-refractivity contribution in [2.24, 2.45) is 0 Å². The van der Waals surface area contributed by atoms with Crippen LogP contribution in [-0.4, -0.2) is 46.4 Å². The molecule has 1 saturated carbocycles. The predicted molar refractivity (Wildman–Crippen MR) is 80.4 cm³/mol. The highest BCUT2D eigenvalue weighted by Crippen LogP contribution is 2.37. The minimum absolute atomic E-state index is 0.507. The van der Waals surface area contributed by atoms with E-state index in [1.807, 2.05) is 12.4 Å². The van der Waals surface area contributed by atoms with E-state index in [9.17, 15) is 0 Å². The molecule has 20 heavy (non-hydrogen) atoms. The summed E-state index contributed by atoms with van der Waals surface area (Å²) in [5, 5.41) is 0. The van der Waals surface area contributed by atoms with E-state index in [1.165, 1.54) is 50.8 Å². The zero-order valence-electron chi connectivity index (χ0n) is 12.8. The molecule has 4 nitrogen and oxygen atoms in total. The molecule has 1 atom stereocenters. The maximum absolute atomic E-state index is 4.87. The Morgan fingerprint density at radius 2 is 1.95 bits per heavy atom. The summed E-state index contributed by atoms with van der Waals surface area (Å²) >= 11 is 0. The first-order chi connectivity index (χ1) is 9.74. The standard InChI is InChI=1S/C16H26N4/c1-19(2)12-13-10-17-11-15(18-13)16-8-5-9-20(16)14-6-3-4-7-14/h10-11,14,16H,3-9,12H2,1-2H3. The van der Waals surface area contributed by atoms with Crippen LogP contribution in [0.3, 0.4) is 0 Å². The van der Waals surface area contributed by atoms with E-state index in [-0.39, 0.29) is 0 Å². The maximum Gasteiger partial charge on any atom is 0.0762 e. The molecule has 110 valence electrons. The van der Waals surface area contributed by atoms with E-state index in [0.29, 0.717) is 6.04 Å². The van der Waals surface area contributed by atoms with Crippen molar-refractivity contribution in [1.29, 1.82) is 0 Å². The molecular formula is C16H26N4. The minimum atomic E-state index is 0.507. The number of hydrogen-bond donors (Lipinski definition) is 0.